The highest BCUT2D eigenvalue weighted by molar-refractivity contribution is 5.56. The summed E-state index contributed by atoms with van der Waals surface area (Å²) >= 11 is 0. The van der Waals surface area contributed by atoms with Gasteiger partial charge in [0.1, 0.15) is 11.6 Å². The molecule has 0 heterocycles. The Labute approximate surface area is 64.5 Å². The van der Waals surface area contributed by atoms with Gasteiger partial charge in [-0.15, -0.1) is 0 Å². The zero-order valence-electron chi connectivity index (χ0n) is 6.48. The molecule has 1 aromatic carbocycles. The molecule has 0 fully saturated rings. The molecule has 0 aromatic heterocycles. The van der Waals surface area contributed by atoms with Gasteiger partial charge in [0.05, 0.1) is 5.69 Å². The molecular formula is C8H10FNO. The highest BCUT2D eigenvalue weighted by Gasteiger charge is 2.08. The Balaban J connectivity index is 3.46. The molecule has 3 heteroatoms. The van der Waals surface area contributed by atoms with Gasteiger partial charge in [0.15, 0.2) is 0 Å². The van der Waals surface area contributed by atoms with E-state index in [0.717, 1.165) is 0 Å². The van der Waals surface area contributed by atoms with E-state index in [-0.39, 0.29) is 11.4 Å². The second kappa shape index (κ2) is 2.42. The van der Waals surface area contributed by atoms with Gasteiger partial charge in [0.2, 0.25) is 0 Å². The van der Waals surface area contributed by atoms with Crippen LogP contribution in [0.3, 0.4) is 0 Å². The fourth-order valence-electron chi connectivity index (χ4n) is 0.892. The van der Waals surface area contributed by atoms with Crippen LogP contribution < -0.4 is 5.73 Å². The van der Waals surface area contributed by atoms with Gasteiger partial charge >= 0.3 is 0 Å². The first kappa shape index (κ1) is 7.85. The van der Waals surface area contributed by atoms with E-state index in [2.05, 4.69) is 0 Å². The minimum Gasteiger partial charge on any atom is -0.508 e. The third-order valence-electron chi connectivity index (χ3n) is 1.72. The average Bonchev–Trinajstić information content (AvgIpc) is 1.97. The van der Waals surface area contributed by atoms with Crippen LogP contribution in [0, 0.1) is 19.7 Å². The monoisotopic (exact) mass is 155 g/mol. The van der Waals surface area contributed by atoms with E-state index >= 15 is 0 Å². The Bertz CT molecular complexity index is 270. The normalized spacial score (nSPS) is 10.1. The van der Waals surface area contributed by atoms with Crippen LogP contribution >= 0.6 is 0 Å². The Morgan fingerprint density at radius 1 is 1.45 bits per heavy atom. The van der Waals surface area contributed by atoms with Crippen molar-refractivity contribution in [2.45, 2.75) is 13.8 Å². The highest BCUT2D eigenvalue weighted by Crippen LogP contribution is 2.27. The summed E-state index contributed by atoms with van der Waals surface area (Å²) < 4.78 is 12.9. The van der Waals surface area contributed by atoms with E-state index in [1.807, 2.05) is 0 Å². The largest absolute Gasteiger partial charge is 0.508 e. The summed E-state index contributed by atoms with van der Waals surface area (Å²) in [5, 5.41) is 9.16. The number of phenols is 1. The van der Waals surface area contributed by atoms with Crippen molar-refractivity contribution >= 4 is 5.69 Å². The van der Waals surface area contributed by atoms with Gasteiger partial charge in [-0.2, -0.15) is 0 Å². The Hall–Kier alpha value is -1.25. The topological polar surface area (TPSA) is 46.2 Å². The molecule has 0 bridgehead atoms. The molecule has 11 heavy (non-hydrogen) atoms. The smallest absolute Gasteiger partial charge is 0.149 e. The van der Waals surface area contributed by atoms with Crippen molar-refractivity contribution in [3.05, 3.63) is 23.0 Å². The maximum Gasteiger partial charge on any atom is 0.149 e. The molecule has 0 radical (unpaired) electrons. The number of nitrogens with two attached hydrogens (primary N) is 1. The van der Waals surface area contributed by atoms with Gasteiger partial charge < -0.3 is 10.8 Å². The molecule has 1 aromatic rings. The number of phenolic OH excluding ortho intramolecular Hbond substituents is 1. The van der Waals surface area contributed by atoms with E-state index in [0.29, 0.717) is 11.1 Å². The maximum atomic E-state index is 12.9. The molecule has 0 saturated heterocycles. The van der Waals surface area contributed by atoms with Crippen molar-refractivity contribution in [2.24, 2.45) is 0 Å². The number of hydrogen-bond donors (Lipinski definition) is 2. The second-order valence-electron chi connectivity index (χ2n) is 2.57. The van der Waals surface area contributed by atoms with E-state index in [1.54, 1.807) is 13.8 Å². The van der Waals surface area contributed by atoms with Crippen molar-refractivity contribution in [3.63, 3.8) is 0 Å². The predicted molar refractivity (Wildman–Crippen MR) is 42.0 cm³/mol. The van der Waals surface area contributed by atoms with E-state index in [1.165, 1.54) is 6.07 Å². The first-order chi connectivity index (χ1) is 5.04. The minimum absolute atomic E-state index is 0.0301. The number of aromatic hydroxyl groups is 1. The molecule has 0 unspecified atom stereocenters. The zero-order chi connectivity index (χ0) is 8.59. The number of hydrogen-bond acceptors (Lipinski definition) is 2. The Morgan fingerprint density at radius 2 is 2.00 bits per heavy atom. The number of halogens is 1. The molecule has 0 aliphatic carbocycles. The summed E-state index contributed by atoms with van der Waals surface area (Å²) in [6.45, 7) is 3.14. The van der Waals surface area contributed by atoms with Gasteiger partial charge in [-0.05, 0) is 25.5 Å². The fraction of sp³-hybridized carbons (Fsp3) is 0.250. The summed E-state index contributed by atoms with van der Waals surface area (Å²) in [5.41, 5.74) is 6.14. The third kappa shape index (κ3) is 1.13. The van der Waals surface area contributed by atoms with E-state index in [4.69, 9.17) is 10.8 Å². The number of anilines is 1. The molecular weight excluding hydrogens is 145 g/mol. The maximum absolute atomic E-state index is 12.9. The highest BCUT2D eigenvalue weighted by atomic mass is 19.1. The zero-order valence-corrected chi connectivity index (χ0v) is 6.48. The molecule has 0 spiro atoms. The van der Waals surface area contributed by atoms with Crippen LogP contribution in [0.2, 0.25) is 0 Å². The van der Waals surface area contributed by atoms with Gasteiger partial charge in [-0.25, -0.2) is 4.39 Å². The van der Waals surface area contributed by atoms with E-state index in [9.17, 15) is 4.39 Å². The van der Waals surface area contributed by atoms with Crippen LogP contribution in [0.4, 0.5) is 10.1 Å². The van der Waals surface area contributed by atoms with E-state index < -0.39 is 5.82 Å². The van der Waals surface area contributed by atoms with Crippen LogP contribution in [0.1, 0.15) is 11.1 Å². The van der Waals surface area contributed by atoms with Crippen molar-refractivity contribution in [2.75, 3.05) is 5.73 Å². The molecule has 2 nitrogen and oxygen atoms in total. The van der Waals surface area contributed by atoms with Crippen LogP contribution in [-0.2, 0) is 0 Å². The predicted octanol–water partition coefficient (Wildman–Crippen LogP) is 1.73. The Kier molecular flexibility index (Phi) is 1.72. The quantitative estimate of drug-likeness (QED) is 0.560. The van der Waals surface area contributed by atoms with Gasteiger partial charge in [0, 0.05) is 5.56 Å². The Morgan fingerprint density at radius 3 is 2.55 bits per heavy atom. The lowest BCUT2D eigenvalue weighted by Gasteiger charge is -2.06. The lowest BCUT2D eigenvalue weighted by atomic mass is 10.1. The van der Waals surface area contributed by atoms with Crippen molar-refractivity contribution in [3.8, 4) is 5.75 Å². The molecule has 0 aliphatic heterocycles. The van der Waals surface area contributed by atoms with Crippen LogP contribution in [0.15, 0.2) is 6.07 Å². The summed E-state index contributed by atoms with van der Waals surface area (Å²) in [5.74, 6) is -0.401. The number of rotatable bonds is 0. The third-order valence-corrected chi connectivity index (χ3v) is 1.72. The molecule has 0 saturated carbocycles. The summed E-state index contributed by atoms with van der Waals surface area (Å²) in [7, 11) is 0. The minimum atomic E-state index is -0.444. The number of benzene rings is 1. The lowest BCUT2D eigenvalue weighted by Crippen LogP contribution is -1.96. The lowest BCUT2D eigenvalue weighted by molar-refractivity contribution is 0.468. The first-order valence-corrected chi connectivity index (χ1v) is 3.28. The first-order valence-electron chi connectivity index (χ1n) is 3.28. The van der Waals surface area contributed by atoms with Crippen molar-refractivity contribution < 1.29 is 9.50 Å². The van der Waals surface area contributed by atoms with Crippen molar-refractivity contribution in [1.29, 1.82) is 0 Å². The van der Waals surface area contributed by atoms with Gasteiger partial charge in [-0.1, -0.05) is 0 Å². The standard InChI is InChI=1S/C8H10FNO/c1-4-3-6(11)5(2)8(10)7(4)9/h3,11H,10H2,1-2H3. The van der Waals surface area contributed by atoms with Gasteiger partial charge in [-0.3, -0.25) is 0 Å². The molecule has 1 rings (SSSR count). The molecule has 3 N–H and O–H groups in total. The SMILES string of the molecule is Cc1cc(O)c(C)c(N)c1F. The number of aryl methyl sites for hydroxylation is 1. The molecule has 0 atom stereocenters. The summed E-state index contributed by atoms with van der Waals surface area (Å²) in [6, 6.07) is 1.36. The molecule has 60 valence electrons. The molecule has 0 amide bonds. The van der Waals surface area contributed by atoms with Crippen LogP contribution in [-0.4, -0.2) is 5.11 Å². The second-order valence-corrected chi connectivity index (χ2v) is 2.57. The molecule has 0 aliphatic rings. The number of nitrogen functional groups attached to an aromatic ring is 1. The fourth-order valence-corrected chi connectivity index (χ4v) is 0.892. The van der Waals surface area contributed by atoms with Crippen LogP contribution in [0.5, 0.6) is 5.75 Å². The van der Waals surface area contributed by atoms with Crippen molar-refractivity contribution in [1.82, 2.24) is 0 Å². The summed E-state index contributed by atoms with van der Waals surface area (Å²) in [4.78, 5) is 0. The average molecular weight is 155 g/mol. The summed E-state index contributed by atoms with van der Waals surface area (Å²) in [6.07, 6.45) is 0. The van der Waals surface area contributed by atoms with Gasteiger partial charge in [0.25, 0.3) is 0 Å². The van der Waals surface area contributed by atoms with Crippen LogP contribution in [0.25, 0.3) is 0 Å².